The summed E-state index contributed by atoms with van der Waals surface area (Å²) >= 11 is 0. The number of nitrogens with one attached hydrogen (secondary N) is 1. The summed E-state index contributed by atoms with van der Waals surface area (Å²) < 4.78 is 15.2. The van der Waals surface area contributed by atoms with Gasteiger partial charge in [-0.1, -0.05) is 12.1 Å². The molecule has 3 aliphatic rings. The van der Waals surface area contributed by atoms with Gasteiger partial charge >= 0.3 is 0 Å². The van der Waals surface area contributed by atoms with Crippen LogP contribution in [0.2, 0.25) is 0 Å². The molecule has 3 aromatic rings. The lowest BCUT2D eigenvalue weighted by atomic mass is 9.88. The van der Waals surface area contributed by atoms with Crippen molar-refractivity contribution in [2.45, 2.75) is 38.0 Å². The maximum atomic E-state index is 13.5. The SMILES string of the molecule is O=C(NCc1ccncn1)[C@H]1[C@H](CO)[C@H]2Cn3c(ccc(-c4ccc(F)cc4)c3=O)[C@H]2N1CC1CC1. The Hall–Kier alpha value is -3.43. The first-order valence-corrected chi connectivity index (χ1v) is 12.4. The van der Waals surface area contributed by atoms with E-state index in [0.717, 1.165) is 30.8 Å². The van der Waals surface area contributed by atoms with Crippen molar-refractivity contribution in [2.75, 3.05) is 13.2 Å². The highest BCUT2D eigenvalue weighted by molar-refractivity contribution is 5.82. The molecule has 186 valence electrons. The smallest absolute Gasteiger partial charge is 0.258 e. The molecule has 0 bridgehead atoms. The molecule has 4 heterocycles. The molecule has 1 saturated carbocycles. The van der Waals surface area contributed by atoms with Gasteiger partial charge in [0.15, 0.2) is 0 Å². The van der Waals surface area contributed by atoms with Crippen LogP contribution in [0.3, 0.4) is 0 Å². The molecule has 9 heteroatoms. The fourth-order valence-electron chi connectivity index (χ4n) is 5.97. The normalized spacial score (nSPS) is 24.9. The molecule has 0 unspecified atom stereocenters. The molecule has 36 heavy (non-hydrogen) atoms. The number of rotatable bonds is 7. The van der Waals surface area contributed by atoms with E-state index in [2.05, 4.69) is 20.2 Å². The van der Waals surface area contributed by atoms with Crippen LogP contribution in [0, 0.1) is 23.6 Å². The number of halogens is 1. The van der Waals surface area contributed by atoms with E-state index in [1.165, 1.54) is 18.5 Å². The Morgan fingerprint density at radius 3 is 2.64 bits per heavy atom. The third-order valence-corrected chi connectivity index (χ3v) is 7.87. The maximum absolute atomic E-state index is 13.5. The van der Waals surface area contributed by atoms with Crippen LogP contribution in [-0.4, -0.2) is 49.6 Å². The standard InChI is InChI=1S/C27H28FN5O3/c28-18-5-3-17(4-6-18)20-7-8-23-24-21(13-32(23)27(20)36)22(14-34)25(33(24)12-16-1-2-16)26(35)30-11-19-9-10-29-15-31-19/h3-10,15-16,21-22,24-25,34H,1-2,11-14H2,(H,30,35)/t21-,22-,24+,25-/m1/s1. The molecule has 0 radical (unpaired) electrons. The van der Waals surface area contributed by atoms with Crippen molar-refractivity contribution in [3.63, 3.8) is 0 Å². The van der Waals surface area contributed by atoms with E-state index in [9.17, 15) is 19.1 Å². The summed E-state index contributed by atoms with van der Waals surface area (Å²) in [7, 11) is 0. The summed E-state index contributed by atoms with van der Waals surface area (Å²) in [4.78, 5) is 37.3. The van der Waals surface area contributed by atoms with Crippen LogP contribution in [0.4, 0.5) is 4.39 Å². The lowest BCUT2D eigenvalue weighted by Gasteiger charge is -2.31. The zero-order chi connectivity index (χ0) is 24.8. The second-order valence-electron chi connectivity index (χ2n) is 10.1. The van der Waals surface area contributed by atoms with E-state index < -0.39 is 6.04 Å². The molecular weight excluding hydrogens is 461 g/mol. The number of carbonyl (C=O) groups is 1. The van der Waals surface area contributed by atoms with Crippen molar-refractivity contribution >= 4 is 5.91 Å². The van der Waals surface area contributed by atoms with Gasteiger partial charge < -0.3 is 15.0 Å². The van der Waals surface area contributed by atoms with Crippen molar-refractivity contribution in [1.29, 1.82) is 0 Å². The van der Waals surface area contributed by atoms with Gasteiger partial charge in [0.2, 0.25) is 5.91 Å². The maximum Gasteiger partial charge on any atom is 0.258 e. The lowest BCUT2D eigenvalue weighted by molar-refractivity contribution is -0.128. The molecule has 1 aromatic carbocycles. The summed E-state index contributed by atoms with van der Waals surface area (Å²) in [6, 6.07) is 10.9. The number of aliphatic hydroxyl groups excluding tert-OH is 1. The molecule has 2 fully saturated rings. The molecule has 1 amide bonds. The zero-order valence-corrected chi connectivity index (χ0v) is 19.8. The predicted molar refractivity (Wildman–Crippen MR) is 130 cm³/mol. The van der Waals surface area contributed by atoms with Crippen molar-refractivity contribution in [3.8, 4) is 11.1 Å². The Morgan fingerprint density at radius 1 is 1.14 bits per heavy atom. The number of pyridine rings is 1. The highest BCUT2D eigenvalue weighted by Gasteiger charge is 2.56. The monoisotopic (exact) mass is 489 g/mol. The minimum Gasteiger partial charge on any atom is -0.396 e. The van der Waals surface area contributed by atoms with Gasteiger partial charge in [0, 0.05) is 49.0 Å². The number of fused-ring (bicyclic) bond motifs is 3. The average molecular weight is 490 g/mol. The Balaban J connectivity index is 1.32. The predicted octanol–water partition coefficient (Wildman–Crippen LogP) is 2.13. The van der Waals surface area contributed by atoms with E-state index in [0.29, 0.717) is 30.1 Å². The third kappa shape index (κ3) is 4.02. The van der Waals surface area contributed by atoms with Crippen LogP contribution < -0.4 is 10.9 Å². The Morgan fingerprint density at radius 2 is 1.94 bits per heavy atom. The molecule has 1 aliphatic carbocycles. The lowest BCUT2D eigenvalue weighted by Crippen LogP contribution is -2.48. The first-order chi connectivity index (χ1) is 17.5. The molecule has 1 saturated heterocycles. The van der Waals surface area contributed by atoms with Crippen LogP contribution in [0.5, 0.6) is 0 Å². The summed E-state index contributed by atoms with van der Waals surface area (Å²) in [6.07, 6.45) is 5.35. The van der Waals surface area contributed by atoms with E-state index in [1.54, 1.807) is 35.0 Å². The van der Waals surface area contributed by atoms with Crippen LogP contribution in [0.15, 0.2) is 59.8 Å². The van der Waals surface area contributed by atoms with Crippen LogP contribution >= 0.6 is 0 Å². The zero-order valence-electron chi connectivity index (χ0n) is 19.8. The van der Waals surface area contributed by atoms with Crippen molar-refractivity contribution in [3.05, 3.63) is 82.5 Å². The van der Waals surface area contributed by atoms with Gasteiger partial charge in [0.25, 0.3) is 5.56 Å². The number of likely N-dealkylation sites (tertiary alicyclic amines) is 1. The van der Waals surface area contributed by atoms with Crippen molar-refractivity contribution < 1.29 is 14.3 Å². The average Bonchev–Trinajstić information content (AvgIpc) is 3.55. The molecular formula is C27H28FN5O3. The Labute approximate surface area is 207 Å². The first kappa shape index (κ1) is 23.0. The second-order valence-corrected chi connectivity index (χ2v) is 10.1. The van der Waals surface area contributed by atoms with Crippen LogP contribution in [-0.2, 0) is 17.9 Å². The number of aliphatic hydroxyl groups is 1. The van der Waals surface area contributed by atoms with Crippen LogP contribution in [0.25, 0.3) is 11.1 Å². The van der Waals surface area contributed by atoms with Crippen molar-refractivity contribution in [2.24, 2.45) is 17.8 Å². The molecule has 2 N–H and O–H groups in total. The number of nitrogens with zero attached hydrogens (tertiary/aromatic N) is 4. The Bertz CT molecular complexity index is 1330. The fourth-order valence-corrected chi connectivity index (χ4v) is 5.97. The number of hydrogen-bond donors (Lipinski definition) is 2. The third-order valence-electron chi connectivity index (χ3n) is 7.87. The van der Waals surface area contributed by atoms with E-state index in [-0.39, 0.29) is 41.8 Å². The molecule has 6 rings (SSSR count). The van der Waals surface area contributed by atoms with Gasteiger partial charge in [-0.05, 0) is 54.7 Å². The van der Waals surface area contributed by atoms with E-state index in [4.69, 9.17) is 0 Å². The second kappa shape index (κ2) is 9.22. The van der Waals surface area contributed by atoms with Gasteiger partial charge in [0.1, 0.15) is 12.1 Å². The van der Waals surface area contributed by atoms with Gasteiger partial charge in [-0.15, -0.1) is 0 Å². The number of aromatic nitrogens is 3. The van der Waals surface area contributed by atoms with Gasteiger partial charge in [-0.3, -0.25) is 14.5 Å². The topological polar surface area (TPSA) is 100 Å². The molecule has 0 spiro atoms. The molecule has 4 atom stereocenters. The summed E-state index contributed by atoms with van der Waals surface area (Å²) in [5, 5.41) is 13.4. The first-order valence-electron chi connectivity index (χ1n) is 12.4. The number of hydrogen-bond acceptors (Lipinski definition) is 6. The quantitative estimate of drug-likeness (QED) is 0.528. The number of benzene rings is 1. The fraction of sp³-hybridized carbons (Fsp3) is 0.407. The van der Waals surface area contributed by atoms with E-state index in [1.807, 2.05) is 6.07 Å². The van der Waals surface area contributed by atoms with Crippen LogP contribution in [0.1, 0.15) is 30.3 Å². The van der Waals surface area contributed by atoms with Gasteiger partial charge in [-0.2, -0.15) is 0 Å². The van der Waals surface area contributed by atoms with E-state index >= 15 is 0 Å². The highest BCUT2D eigenvalue weighted by atomic mass is 19.1. The largest absolute Gasteiger partial charge is 0.396 e. The van der Waals surface area contributed by atoms with Gasteiger partial charge in [-0.25, -0.2) is 14.4 Å². The minimum absolute atomic E-state index is 0.0558. The Kier molecular flexibility index (Phi) is 5.89. The highest BCUT2D eigenvalue weighted by Crippen LogP contribution is 2.50. The number of amides is 1. The molecule has 2 aliphatic heterocycles. The van der Waals surface area contributed by atoms with Gasteiger partial charge in [0.05, 0.1) is 24.3 Å². The summed E-state index contributed by atoms with van der Waals surface area (Å²) in [5.41, 5.74) is 2.66. The van der Waals surface area contributed by atoms with Crippen molar-refractivity contribution in [1.82, 2.24) is 24.8 Å². The summed E-state index contributed by atoms with van der Waals surface area (Å²) in [5.74, 6) is -0.299. The molecule has 2 aromatic heterocycles. The number of carbonyl (C=O) groups excluding carboxylic acids is 1. The molecule has 8 nitrogen and oxygen atoms in total. The minimum atomic E-state index is -0.479. The summed E-state index contributed by atoms with van der Waals surface area (Å²) in [6.45, 7) is 1.36.